The first-order valence-electron chi connectivity index (χ1n) is 20.6. The van der Waals surface area contributed by atoms with Crippen molar-refractivity contribution in [1.82, 2.24) is 19.6 Å². The molecule has 4 atom stereocenters. The lowest BCUT2D eigenvalue weighted by Gasteiger charge is -2.37. The van der Waals surface area contributed by atoms with Crippen LogP contribution in [0.4, 0.5) is 0 Å². The Bertz CT molecular complexity index is 936. The van der Waals surface area contributed by atoms with Gasteiger partial charge >= 0.3 is 0 Å². The van der Waals surface area contributed by atoms with Gasteiger partial charge in [-0.05, 0) is 53.4 Å². The highest BCUT2D eigenvalue weighted by Crippen LogP contribution is 2.51. The van der Waals surface area contributed by atoms with Gasteiger partial charge in [-0.3, -0.25) is 37.9 Å². The topological polar surface area (TPSA) is 118 Å². The molecule has 0 N–H and O–H groups in total. The maximum Gasteiger partial charge on any atom is 0.216 e. The van der Waals surface area contributed by atoms with Gasteiger partial charge in [0.15, 0.2) is 0 Å². The van der Waals surface area contributed by atoms with Crippen molar-refractivity contribution in [3.05, 3.63) is 0 Å². The van der Waals surface area contributed by atoms with Gasteiger partial charge in [-0.2, -0.15) is 0 Å². The average Bonchev–Trinajstić information content (AvgIpc) is 3.10. The molecule has 1 aliphatic rings. The molecule has 1 rings (SSSR count). The van der Waals surface area contributed by atoms with Crippen LogP contribution >= 0.6 is 29.5 Å². The van der Waals surface area contributed by atoms with Crippen LogP contribution in [0.3, 0.4) is 0 Å². The summed E-state index contributed by atoms with van der Waals surface area (Å²) in [7, 11) is -11.7. The normalized spacial score (nSPS) is 21.4. The van der Waals surface area contributed by atoms with E-state index < -0.39 is 29.5 Å². The minimum atomic E-state index is -2.93. The molecule has 0 aromatic carbocycles. The Balaban J connectivity index is 3.61. The van der Waals surface area contributed by atoms with Crippen LogP contribution in [0.25, 0.3) is 0 Å². The van der Waals surface area contributed by atoms with Crippen molar-refractivity contribution in [2.45, 2.75) is 107 Å². The van der Waals surface area contributed by atoms with Crippen molar-refractivity contribution in [2.24, 2.45) is 0 Å². The Morgan fingerprint density at radius 3 is 0.654 bits per heavy atom. The molecular formula is C36H80N4O8P4. The molecule has 12 nitrogen and oxygen atoms in total. The first kappa shape index (κ1) is 50.6. The van der Waals surface area contributed by atoms with Crippen LogP contribution in [0.1, 0.15) is 107 Å². The number of hydrogen-bond acceptors (Lipinski definition) is 12. The quantitative estimate of drug-likeness (QED) is 0.0700. The van der Waals surface area contributed by atoms with E-state index in [0.717, 1.165) is 51.4 Å². The van der Waals surface area contributed by atoms with Crippen LogP contribution in [0.5, 0.6) is 0 Å². The van der Waals surface area contributed by atoms with Gasteiger partial charge in [-0.25, -0.2) is 0 Å². The Morgan fingerprint density at radius 2 is 0.519 bits per heavy atom. The molecule has 0 spiro atoms. The van der Waals surface area contributed by atoms with E-state index in [-0.39, 0.29) is 0 Å². The SMILES string of the molecule is CCCCP(=O)(CN1CCN(CP(=O)(CCCC)OCC)CCN(CP(=O)(CCCC)OCC)CCN(CP(=O)(CCCC)OCC)CC1)OCC. The zero-order valence-corrected chi connectivity index (χ0v) is 38.2. The van der Waals surface area contributed by atoms with Crippen molar-refractivity contribution in [3.63, 3.8) is 0 Å². The minimum Gasteiger partial charge on any atom is -0.328 e. The molecule has 1 saturated heterocycles. The van der Waals surface area contributed by atoms with E-state index in [9.17, 15) is 18.3 Å². The molecule has 0 aromatic heterocycles. The third-order valence-corrected chi connectivity index (χ3v) is 19.7. The second kappa shape index (κ2) is 28.1. The van der Waals surface area contributed by atoms with Gasteiger partial charge in [0.1, 0.15) is 0 Å². The summed E-state index contributed by atoms with van der Waals surface area (Å²) in [6.07, 6.45) is 10.7. The molecule has 0 saturated carbocycles. The second-order valence-corrected chi connectivity index (χ2v) is 24.7. The smallest absolute Gasteiger partial charge is 0.216 e. The third-order valence-electron chi connectivity index (χ3n) is 9.46. The lowest BCUT2D eigenvalue weighted by molar-refractivity contribution is 0.154. The van der Waals surface area contributed by atoms with Gasteiger partial charge in [-0.1, -0.05) is 53.4 Å². The lowest BCUT2D eigenvalue weighted by Crippen LogP contribution is -2.47. The summed E-state index contributed by atoms with van der Waals surface area (Å²) in [5.74, 6) is 0. The number of rotatable bonds is 28. The van der Waals surface area contributed by atoms with Crippen LogP contribution in [-0.2, 0) is 36.4 Å². The van der Waals surface area contributed by atoms with Crippen LogP contribution in [-0.4, -0.2) is 148 Å². The van der Waals surface area contributed by atoms with Gasteiger partial charge in [0, 0.05) is 77.0 Å². The van der Waals surface area contributed by atoms with Crippen LogP contribution in [0, 0.1) is 0 Å². The molecule has 16 heteroatoms. The summed E-state index contributed by atoms with van der Waals surface area (Å²) in [6, 6.07) is 0. The predicted molar refractivity (Wildman–Crippen MR) is 222 cm³/mol. The monoisotopic (exact) mass is 820 g/mol. The highest BCUT2D eigenvalue weighted by Gasteiger charge is 2.33. The maximum atomic E-state index is 14.2. The maximum absolute atomic E-state index is 14.2. The molecule has 0 aromatic rings. The summed E-state index contributed by atoms with van der Waals surface area (Å²) in [5, 5.41) is 0. The first-order chi connectivity index (χ1) is 24.8. The third kappa shape index (κ3) is 21.2. The first-order valence-corrected chi connectivity index (χ1v) is 28.6. The van der Waals surface area contributed by atoms with E-state index in [1.807, 2.05) is 27.7 Å². The fraction of sp³-hybridized carbons (Fsp3) is 1.00. The Labute approximate surface area is 320 Å². The second-order valence-electron chi connectivity index (χ2n) is 14.3. The number of unbranched alkanes of at least 4 members (excludes halogenated alkanes) is 4. The molecule has 4 unspecified atom stereocenters. The molecule has 1 aliphatic heterocycles. The van der Waals surface area contributed by atoms with Crippen LogP contribution in [0.2, 0.25) is 0 Å². The molecule has 1 heterocycles. The van der Waals surface area contributed by atoms with E-state index in [1.165, 1.54) is 0 Å². The Hall–Kier alpha value is 0.600. The molecule has 0 aliphatic carbocycles. The van der Waals surface area contributed by atoms with E-state index >= 15 is 0 Å². The number of nitrogens with zero attached hydrogens (tertiary/aromatic N) is 4. The molecule has 52 heavy (non-hydrogen) atoms. The fourth-order valence-corrected chi connectivity index (χ4v) is 16.7. The van der Waals surface area contributed by atoms with E-state index in [2.05, 4.69) is 47.3 Å². The van der Waals surface area contributed by atoms with Crippen molar-refractivity contribution in [1.29, 1.82) is 0 Å². The fourth-order valence-electron chi connectivity index (χ4n) is 6.60. The minimum absolute atomic E-state index is 0.349. The van der Waals surface area contributed by atoms with Crippen molar-refractivity contribution in [3.8, 4) is 0 Å². The molecule has 0 bridgehead atoms. The molecule has 312 valence electrons. The predicted octanol–water partition coefficient (Wildman–Crippen LogP) is 9.50. The average molecular weight is 821 g/mol. The molecule has 0 amide bonds. The zero-order chi connectivity index (χ0) is 38.9. The molecular weight excluding hydrogens is 740 g/mol. The lowest BCUT2D eigenvalue weighted by atomic mass is 10.4. The summed E-state index contributed by atoms with van der Waals surface area (Å²) >= 11 is 0. The van der Waals surface area contributed by atoms with Gasteiger partial charge in [0.05, 0.1) is 51.6 Å². The van der Waals surface area contributed by atoms with E-state index in [1.54, 1.807) is 0 Å². The van der Waals surface area contributed by atoms with Gasteiger partial charge in [0.25, 0.3) is 0 Å². The highest BCUT2D eigenvalue weighted by molar-refractivity contribution is 7.59. The van der Waals surface area contributed by atoms with Crippen molar-refractivity contribution < 1.29 is 36.4 Å². The standard InChI is InChI=1S/C36H80N4O8P4/c1-9-17-29-49(41,45-13-5)33-37-21-23-38(34-50(42,46-14-6)30-18-10-2)25-27-40(36-52(44,48-16-8)32-20-12-4)28-26-39(24-22-37)35-51(43,47-15-7)31-19-11-3/h9-36H2,1-8H3. The van der Waals surface area contributed by atoms with Gasteiger partial charge in [0.2, 0.25) is 29.5 Å². The summed E-state index contributed by atoms with van der Waals surface area (Å²) in [4.78, 5) is 8.98. The Morgan fingerprint density at radius 1 is 0.346 bits per heavy atom. The van der Waals surface area contributed by atoms with Crippen molar-refractivity contribution >= 4 is 29.5 Å². The van der Waals surface area contributed by atoms with Crippen molar-refractivity contribution in [2.75, 3.05) is 129 Å². The van der Waals surface area contributed by atoms with E-state index in [4.69, 9.17) is 18.1 Å². The summed E-state index contributed by atoms with van der Waals surface area (Å²) in [6.45, 7) is 22.5. The Kier molecular flexibility index (Phi) is 27.3. The van der Waals surface area contributed by atoms with Crippen LogP contribution < -0.4 is 0 Å². The zero-order valence-electron chi connectivity index (χ0n) is 34.6. The van der Waals surface area contributed by atoms with Gasteiger partial charge < -0.3 is 18.1 Å². The highest BCUT2D eigenvalue weighted by atomic mass is 31.2. The number of hydrogen-bond donors (Lipinski definition) is 0. The summed E-state index contributed by atoms with van der Waals surface area (Å²) in [5.41, 5.74) is 0. The van der Waals surface area contributed by atoms with Gasteiger partial charge in [-0.15, -0.1) is 0 Å². The molecule has 1 fully saturated rings. The molecule has 0 radical (unpaired) electrons. The van der Waals surface area contributed by atoms with E-state index in [0.29, 0.717) is 129 Å². The summed E-state index contributed by atoms with van der Waals surface area (Å²) < 4.78 is 80.7. The largest absolute Gasteiger partial charge is 0.328 e. The van der Waals surface area contributed by atoms with Crippen LogP contribution in [0.15, 0.2) is 0 Å².